The lowest BCUT2D eigenvalue weighted by atomic mass is 10.1. The van der Waals surface area contributed by atoms with E-state index in [9.17, 15) is 4.79 Å². The van der Waals surface area contributed by atoms with Crippen molar-refractivity contribution in [3.8, 4) is 0 Å². The van der Waals surface area contributed by atoms with E-state index in [0.717, 1.165) is 15.2 Å². The van der Waals surface area contributed by atoms with Crippen molar-refractivity contribution in [2.45, 2.75) is 0 Å². The minimum Gasteiger partial charge on any atom is -0.304 e. The quantitative estimate of drug-likeness (QED) is 0.739. The van der Waals surface area contributed by atoms with Crippen molar-refractivity contribution in [1.29, 1.82) is 0 Å². The molecule has 0 fully saturated rings. The average molecular weight is 363 g/mol. The van der Waals surface area contributed by atoms with Crippen molar-refractivity contribution in [2.75, 3.05) is 5.32 Å². The topological polar surface area (TPSA) is 54.9 Å². The molecule has 6 heteroatoms. The summed E-state index contributed by atoms with van der Waals surface area (Å²) in [7, 11) is 0. The number of carbonyl (C=O) groups is 1. The van der Waals surface area contributed by atoms with Crippen LogP contribution in [0.15, 0.2) is 53.3 Å². The summed E-state index contributed by atoms with van der Waals surface area (Å²) in [6, 6.07) is 11.4. The van der Waals surface area contributed by atoms with Crippen LogP contribution in [-0.4, -0.2) is 15.9 Å². The van der Waals surface area contributed by atoms with Crippen LogP contribution in [0.1, 0.15) is 10.4 Å². The van der Waals surface area contributed by atoms with E-state index in [1.165, 1.54) is 12.4 Å². The first-order valence-corrected chi connectivity index (χ1v) is 7.28. The first kappa shape index (κ1) is 14.0. The van der Waals surface area contributed by atoms with Gasteiger partial charge in [-0.15, -0.1) is 0 Å². The third-order valence-corrected chi connectivity index (χ3v) is 3.72. The van der Waals surface area contributed by atoms with E-state index >= 15 is 0 Å². The van der Waals surface area contributed by atoms with Gasteiger partial charge in [0, 0.05) is 22.4 Å². The molecule has 3 aromatic rings. The van der Waals surface area contributed by atoms with Gasteiger partial charge in [-0.05, 0) is 35.0 Å². The number of carbonyl (C=O) groups excluding carboxylic acids is 1. The van der Waals surface area contributed by atoms with Crippen LogP contribution in [0.5, 0.6) is 0 Å². The van der Waals surface area contributed by atoms with Gasteiger partial charge in [0.2, 0.25) is 0 Å². The lowest BCUT2D eigenvalue weighted by molar-refractivity contribution is 0.102. The van der Waals surface area contributed by atoms with Crippen LogP contribution in [0.4, 0.5) is 5.82 Å². The van der Waals surface area contributed by atoms with Crippen molar-refractivity contribution in [2.24, 2.45) is 0 Å². The van der Waals surface area contributed by atoms with E-state index < -0.39 is 0 Å². The molecule has 2 aromatic carbocycles. The predicted octanol–water partition coefficient (Wildman–Crippen LogP) is 4.30. The van der Waals surface area contributed by atoms with E-state index in [-0.39, 0.29) is 16.9 Å². The minimum absolute atomic E-state index is 0.163. The van der Waals surface area contributed by atoms with Crippen molar-refractivity contribution in [3.05, 3.63) is 64.0 Å². The number of hydrogen-bond donors (Lipinski definition) is 1. The van der Waals surface area contributed by atoms with Gasteiger partial charge in [0.15, 0.2) is 11.0 Å². The standard InChI is InChI=1S/C15H9BrClN3O/c16-12-4-3-9-7-11(2-1-10(9)8-12)15(21)20-14-13(17)18-5-6-19-14/h1-8H,(H,19,20,21). The van der Waals surface area contributed by atoms with E-state index in [0.29, 0.717) is 5.56 Å². The molecule has 0 unspecified atom stereocenters. The molecule has 0 aliphatic rings. The van der Waals surface area contributed by atoms with Crippen LogP contribution in [0.2, 0.25) is 5.15 Å². The lowest BCUT2D eigenvalue weighted by Gasteiger charge is -2.06. The molecule has 104 valence electrons. The van der Waals surface area contributed by atoms with E-state index in [2.05, 4.69) is 31.2 Å². The van der Waals surface area contributed by atoms with Gasteiger partial charge in [-0.2, -0.15) is 0 Å². The highest BCUT2D eigenvalue weighted by Gasteiger charge is 2.10. The SMILES string of the molecule is O=C(Nc1nccnc1Cl)c1ccc2cc(Br)ccc2c1. The summed E-state index contributed by atoms with van der Waals surface area (Å²) in [5, 5.41) is 4.85. The first-order chi connectivity index (χ1) is 10.1. The second-order valence-corrected chi connectivity index (χ2v) is 5.63. The summed E-state index contributed by atoms with van der Waals surface area (Å²) in [5.41, 5.74) is 0.534. The Labute approximate surface area is 134 Å². The average Bonchev–Trinajstić information content (AvgIpc) is 2.49. The Bertz CT molecular complexity index is 838. The van der Waals surface area contributed by atoms with Gasteiger partial charge in [-0.25, -0.2) is 9.97 Å². The van der Waals surface area contributed by atoms with Gasteiger partial charge in [-0.3, -0.25) is 4.79 Å². The minimum atomic E-state index is -0.276. The van der Waals surface area contributed by atoms with Crippen LogP contribution in [0, 0.1) is 0 Å². The number of rotatable bonds is 2. The number of aromatic nitrogens is 2. The Morgan fingerprint density at radius 2 is 1.76 bits per heavy atom. The summed E-state index contributed by atoms with van der Waals surface area (Å²) >= 11 is 9.30. The molecular weight excluding hydrogens is 354 g/mol. The number of amides is 1. The van der Waals surface area contributed by atoms with Crippen molar-refractivity contribution < 1.29 is 4.79 Å². The number of fused-ring (bicyclic) bond motifs is 1. The number of benzene rings is 2. The maximum atomic E-state index is 12.2. The zero-order chi connectivity index (χ0) is 14.8. The van der Waals surface area contributed by atoms with E-state index in [1.807, 2.05) is 30.3 Å². The smallest absolute Gasteiger partial charge is 0.256 e. The molecule has 1 amide bonds. The fourth-order valence-electron chi connectivity index (χ4n) is 1.94. The highest BCUT2D eigenvalue weighted by Crippen LogP contribution is 2.22. The maximum Gasteiger partial charge on any atom is 0.256 e. The molecule has 4 nitrogen and oxygen atoms in total. The fourth-order valence-corrected chi connectivity index (χ4v) is 2.47. The van der Waals surface area contributed by atoms with Crippen LogP contribution < -0.4 is 5.32 Å². The van der Waals surface area contributed by atoms with Gasteiger partial charge in [0.25, 0.3) is 5.91 Å². The molecular formula is C15H9BrClN3O. The second-order valence-electron chi connectivity index (χ2n) is 4.36. The molecule has 0 atom stereocenters. The Morgan fingerprint density at radius 3 is 2.57 bits per heavy atom. The lowest BCUT2D eigenvalue weighted by Crippen LogP contribution is -2.13. The summed E-state index contributed by atoms with van der Waals surface area (Å²) in [5.74, 6) is -0.0257. The number of nitrogens with one attached hydrogen (secondary N) is 1. The molecule has 3 rings (SSSR count). The molecule has 1 heterocycles. The number of hydrogen-bond acceptors (Lipinski definition) is 3. The summed E-state index contributed by atoms with van der Waals surface area (Å²) in [6.45, 7) is 0. The van der Waals surface area contributed by atoms with E-state index in [1.54, 1.807) is 6.07 Å². The highest BCUT2D eigenvalue weighted by atomic mass is 79.9. The van der Waals surface area contributed by atoms with Gasteiger partial charge in [0.05, 0.1) is 0 Å². The van der Waals surface area contributed by atoms with Crippen LogP contribution in [0.25, 0.3) is 10.8 Å². The zero-order valence-corrected chi connectivity index (χ0v) is 13.0. The summed E-state index contributed by atoms with van der Waals surface area (Å²) in [6.07, 6.45) is 2.94. The van der Waals surface area contributed by atoms with Gasteiger partial charge < -0.3 is 5.32 Å². The van der Waals surface area contributed by atoms with Gasteiger partial charge >= 0.3 is 0 Å². The van der Waals surface area contributed by atoms with Crippen molar-refractivity contribution in [3.63, 3.8) is 0 Å². The Morgan fingerprint density at radius 1 is 1.05 bits per heavy atom. The second kappa shape index (κ2) is 5.79. The molecule has 0 bridgehead atoms. The third-order valence-electron chi connectivity index (χ3n) is 2.95. The van der Waals surface area contributed by atoms with Crippen LogP contribution in [-0.2, 0) is 0 Å². The number of halogens is 2. The molecule has 0 aliphatic carbocycles. The van der Waals surface area contributed by atoms with Crippen molar-refractivity contribution in [1.82, 2.24) is 9.97 Å². The highest BCUT2D eigenvalue weighted by molar-refractivity contribution is 9.10. The van der Waals surface area contributed by atoms with Gasteiger partial charge in [-0.1, -0.05) is 39.7 Å². The molecule has 0 aliphatic heterocycles. The normalized spacial score (nSPS) is 10.6. The summed E-state index contributed by atoms with van der Waals surface area (Å²) in [4.78, 5) is 20.1. The first-order valence-electron chi connectivity index (χ1n) is 6.11. The number of anilines is 1. The molecule has 21 heavy (non-hydrogen) atoms. The molecule has 1 N–H and O–H groups in total. The molecule has 0 saturated heterocycles. The maximum absolute atomic E-state index is 12.2. The Balaban J connectivity index is 1.91. The van der Waals surface area contributed by atoms with E-state index in [4.69, 9.17) is 11.6 Å². The predicted molar refractivity (Wildman–Crippen MR) is 86.6 cm³/mol. The summed E-state index contributed by atoms with van der Waals surface area (Å²) < 4.78 is 0.999. The van der Waals surface area contributed by atoms with Crippen LogP contribution in [0.3, 0.4) is 0 Å². The Kier molecular flexibility index (Phi) is 3.86. The fraction of sp³-hybridized carbons (Fsp3) is 0. The largest absolute Gasteiger partial charge is 0.304 e. The molecule has 1 aromatic heterocycles. The zero-order valence-electron chi connectivity index (χ0n) is 10.7. The molecule has 0 saturated carbocycles. The Hall–Kier alpha value is -1.98. The van der Waals surface area contributed by atoms with Crippen molar-refractivity contribution >= 4 is 50.0 Å². The van der Waals surface area contributed by atoms with Crippen LogP contribution >= 0.6 is 27.5 Å². The monoisotopic (exact) mass is 361 g/mol. The molecule has 0 radical (unpaired) electrons. The third kappa shape index (κ3) is 3.04. The number of nitrogens with zero attached hydrogens (tertiary/aromatic N) is 2. The molecule has 0 spiro atoms. The van der Waals surface area contributed by atoms with Gasteiger partial charge in [0.1, 0.15) is 0 Å².